The van der Waals surface area contributed by atoms with Gasteiger partial charge >= 0.3 is 6.18 Å². The monoisotopic (exact) mass is 433 g/mol. The molecule has 0 aromatic heterocycles. The molecule has 31 heavy (non-hydrogen) atoms. The Morgan fingerprint density at radius 3 is 2.23 bits per heavy atom. The molecule has 1 atom stereocenters. The summed E-state index contributed by atoms with van der Waals surface area (Å²) in [5.41, 5.74) is 0.299. The number of likely N-dealkylation sites (tertiary alicyclic amines) is 1. The van der Waals surface area contributed by atoms with Crippen LogP contribution < -0.4 is 0 Å². The lowest BCUT2D eigenvalue weighted by molar-refractivity contribution is -0.137. The first-order valence-electron chi connectivity index (χ1n) is 10.8. The normalized spacial score (nSPS) is 17.6. The number of amides is 1. The van der Waals surface area contributed by atoms with E-state index < -0.39 is 17.3 Å². The van der Waals surface area contributed by atoms with Gasteiger partial charge in [0.25, 0.3) is 0 Å². The van der Waals surface area contributed by atoms with Crippen molar-refractivity contribution >= 4 is 5.91 Å². The van der Waals surface area contributed by atoms with E-state index in [1.54, 1.807) is 4.90 Å². The second-order valence-electron chi connectivity index (χ2n) is 9.00. The van der Waals surface area contributed by atoms with Gasteiger partial charge in [0.05, 0.1) is 17.1 Å². The summed E-state index contributed by atoms with van der Waals surface area (Å²) in [6.45, 7) is 6.81. The van der Waals surface area contributed by atoms with Crippen molar-refractivity contribution in [1.82, 2.24) is 4.90 Å². The van der Waals surface area contributed by atoms with E-state index in [2.05, 4.69) is 26.0 Å². The van der Waals surface area contributed by atoms with E-state index in [1.807, 2.05) is 19.1 Å². The third-order valence-corrected chi connectivity index (χ3v) is 6.12. The van der Waals surface area contributed by atoms with Crippen LogP contribution in [-0.2, 0) is 23.0 Å². The van der Waals surface area contributed by atoms with Crippen molar-refractivity contribution in [2.75, 3.05) is 13.1 Å². The fourth-order valence-corrected chi connectivity index (χ4v) is 4.20. The molecular formula is C25H30F3NO2. The van der Waals surface area contributed by atoms with Crippen LogP contribution in [0.5, 0.6) is 0 Å². The molecule has 1 heterocycles. The summed E-state index contributed by atoms with van der Waals surface area (Å²) in [5, 5.41) is 11.0. The van der Waals surface area contributed by atoms with Crippen LogP contribution in [0.3, 0.4) is 0 Å². The zero-order chi connectivity index (χ0) is 22.8. The number of halogens is 3. The topological polar surface area (TPSA) is 40.5 Å². The fourth-order valence-electron chi connectivity index (χ4n) is 4.20. The van der Waals surface area contributed by atoms with E-state index in [0.717, 1.165) is 24.1 Å². The number of benzene rings is 2. The quantitative estimate of drug-likeness (QED) is 0.675. The Morgan fingerprint density at radius 2 is 1.68 bits per heavy atom. The van der Waals surface area contributed by atoms with E-state index in [4.69, 9.17) is 0 Å². The number of hydrogen-bond donors (Lipinski definition) is 1. The highest BCUT2D eigenvalue weighted by Crippen LogP contribution is 2.37. The highest BCUT2D eigenvalue weighted by Gasteiger charge is 2.38. The van der Waals surface area contributed by atoms with Crippen molar-refractivity contribution < 1.29 is 23.1 Å². The highest BCUT2D eigenvalue weighted by molar-refractivity contribution is 5.83. The Kier molecular flexibility index (Phi) is 6.79. The molecule has 1 N–H and O–H groups in total. The maximum atomic E-state index is 13.0. The van der Waals surface area contributed by atoms with E-state index >= 15 is 0 Å². The third kappa shape index (κ3) is 5.48. The molecule has 0 spiro atoms. The van der Waals surface area contributed by atoms with Crippen molar-refractivity contribution in [2.24, 2.45) is 5.92 Å². The minimum absolute atomic E-state index is 0.0253. The zero-order valence-electron chi connectivity index (χ0n) is 18.2. The lowest BCUT2D eigenvalue weighted by atomic mass is 9.83. The van der Waals surface area contributed by atoms with Crippen molar-refractivity contribution in [1.29, 1.82) is 0 Å². The Balaban J connectivity index is 1.65. The minimum Gasteiger partial charge on any atom is -0.385 e. The van der Waals surface area contributed by atoms with Crippen molar-refractivity contribution in [2.45, 2.75) is 57.7 Å². The first-order valence-corrected chi connectivity index (χ1v) is 10.8. The molecule has 1 saturated heterocycles. The van der Waals surface area contributed by atoms with Gasteiger partial charge in [0.15, 0.2) is 0 Å². The van der Waals surface area contributed by atoms with Crippen LogP contribution >= 0.6 is 0 Å². The van der Waals surface area contributed by atoms with Crippen molar-refractivity contribution in [3.63, 3.8) is 0 Å². The molecule has 3 nitrogen and oxygen atoms in total. The Morgan fingerprint density at radius 1 is 1.06 bits per heavy atom. The van der Waals surface area contributed by atoms with Gasteiger partial charge in [-0.3, -0.25) is 4.79 Å². The molecule has 2 aromatic carbocycles. The van der Waals surface area contributed by atoms with Gasteiger partial charge in [0, 0.05) is 13.1 Å². The van der Waals surface area contributed by atoms with Crippen LogP contribution in [0, 0.1) is 5.92 Å². The lowest BCUT2D eigenvalue weighted by Gasteiger charge is -2.39. The van der Waals surface area contributed by atoms with Crippen LogP contribution in [0.1, 0.15) is 61.8 Å². The molecule has 1 aliphatic heterocycles. The van der Waals surface area contributed by atoms with Crippen LogP contribution in [0.25, 0.3) is 0 Å². The molecule has 0 bridgehead atoms. The molecule has 6 heteroatoms. The second kappa shape index (κ2) is 9.03. The van der Waals surface area contributed by atoms with Gasteiger partial charge < -0.3 is 10.0 Å². The number of alkyl halides is 3. The maximum absolute atomic E-state index is 13.0. The van der Waals surface area contributed by atoms with E-state index in [1.165, 1.54) is 17.7 Å². The molecule has 1 aliphatic rings. The number of rotatable bonds is 5. The summed E-state index contributed by atoms with van der Waals surface area (Å²) >= 11 is 0. The Labute approximate surface area is 181 Å². The molecule has 168 valence electrons. The van der Waals surface area contributed by atoms with Gasteiger partial charge in [-0.15, -0.1) is 0 Å². The first kappa shape index (κ1) is 23.3. The highest BCUT2D eigenvalue weighted by atomic mass is 19.4. The Hall–Kier alpha value is -2.34. The Bertz CT molecular complexity index is 898. The van der Waals surface area contributed by atoms with Crippen LogP contribution in [0.4, 0.5) is 13.2 Å². The minimum atomic E-state index is -4.46. The number of carbonyl (C=O) groups excluding carboxylic acids is 1. The predicted octanol–water partition coefficient (Wildman–Crippen LogP) is 5.52. The van der Waals surface area contributed by atoms with Crippen LogP contribution in [0.2, 0.25) is 0 Å². The number of aliphatic hydroxyl groups is 1. The predicted molar refractivity (Wildman–Crippen MR) is 115 cm³/mol. The van der Waals surface area contributed by atoms with Gasteiger partial charge in [-0.2, -0.15) is 13.2 Å². The van der Waals surface area contributed by atoms with Gasteiger partial charge in [-0.25, -0.2) is 0 Å². The standard InChI is InChI=1S/C25H30F3NO2/c1-17(2)15-19-7-9-20(10-8-19)18(3)23(30)29-13-11-24(31,12-14-29)21-5-4-6-22(16-21)25(26,27)28/h4-10,16-18,31H,11-15H2,1-3H3/t18-/m1/s1. The summed E-state index contributed by atoms with van der Waals surface area (Å²) in [5.74, 6) is 0.226. The number of carbonyl (C=O) groups is 1. The zero-order valence-corrected chi connectivity index (χ0v) is 18.2. The van der Waals surface area contributed by atoms with Crippen molar-refractivity contribution in [3.05, 3.63) is 70.8 Å². The summed E-state index contributed by atoms with van der Waals surface area (Å²) in [4.78, 5) is 14.7. The second-order valence-corrected chi connectivity index (χ2v) is 9.00. The smallest absolute Gasteiger partial charge is 0.385 e. The molecule has 3 rings (SSSR count). The number of nitrogens with zero attached hydrogens (tertiary/aromatic N) is 1. The van der Waals surface area contributed by atoms with E-state index in [0.29, 0.717) is 19.0 Å². The molecule has 0 radical (unpaired) electrons. The molecule has 0 unspecified atom stereocenters. The molecule has 2 aromatic rings. The number of piperidine rings is 1. The molecule has 0 saturated carbocycles. The van der Waals surface area contributed by atoms with Gasteiger partial charge in [-0.05, 0) is 60.9 Å². The van der Waals surface area contributed by atoms with Gasteiger partial charge in [0.2, 0.25) is 5.91 Å². The SMILES string of the molecule is CC(C)Cc1ccc([C@@H](C)C(=O)N2CCC(O)(c3cccc(C(F)(F)F)c3)CC2)cc1. The summed E-state index contributed by atoms with van der Waals surface area (Å²) in [7, 11) is 0. The van der Waals surface area contributed by atoms with Crippen LogP contribution in [0.15, 0.2) is 48.5 Å². The average Bonchev–Trinajstić information content (AvgIpc) is 2.73. The van der Waals surface area contributed by atoms with E-state index in [9.17, 15) is 23.1 Å². The summed E-state index contributed by atoms with van der Waals surface area (Å²) in [6, 6.07) is 12.9. The van der Waals surface area contributed by atoms with E-state index in [-0.39, 0.29) is 30.2 Å². The van der Waals surface area contributed by atoms with Crippen molar-refractivity contribution in [3.8, 4) is 0 Å². The summed E-state index contributed by atoms with van der Waals surface area (Å²) in [6.07, 6.45) is -3.05. The summed E-state index contributed by atoms with van der Waals surface area (Å²) < 4.78 is 39.1. The third-order valence-electron chi connectivity index (χ3n) is 6.12. The molecular weight excluding hydrogens is 403 g/mol. The average molecular weight is 434 g/mol. The molecule has 1 fully saturated rings. The fraction of sp³-hybridized carbons (Fsp3) is 0.480. The largest absolute Gasteiger partial charge is 0.416 e. The van der Waals surface area contributed by atoms with Gasteiger partial charge in [0.1, 0.15) is 0 Å². The maximum Gasteiger partial charge on any atom is 0.416 e. The molecule has 1 amide bonds. The first-order chi connectivity index (χ1) is 14.5. The lowest BCUT2D eigenvalue weighted by Crippen LogP contribution is -2.46. The number of hydrogen-bond acceptors (Lipinski definition) is 2. The van der Waals surface area contributed by atoms with Gasteiger partial charge in [-0.1, -0.05) is 50.2 Å². The van der Waals surface area contributed by atoms with Crippen LogP contribution in [-0.4, -0.2) is 29.0 Å². The molecule has 0 aliphatic carbocycles.